The highest BCUT2D eigenvalue weighted by Crippen LogP contribution is 2.33. The second kappa shape index (κ2) is 7.55. The smallest absolute Gasteiger partial charge is 0.333 e. The van der Waals surface area contributed by atoms with Crippen LogP contribution in [0, 0.1) is 0 Å². The first-order valence-corrected chi connectivity index (χ1v) is 8.73. The van der Waals surface area contributed by atoms with Crippen molar-refractivity contribution in [2.24, 2.45) is 0 Å². The van der Waals surface area contributed by atoms with Crippen molar-refractivity contribution in [2.75, 3.05) is 7.11 Å². The van der Waals surface area contributed by atoms with Gasteiger partial charge in [-0.3, -0.25) is 0 Å². The van der Waals surface area contributed by atoms with E-state index in [1.165, 1.54) is 26.4 Å². The molecule has 1 aromatic heterocycles. The van der Waals surface area contributed by atoms with E-state index in [1.807, 2.05) is 18.3 Å². The van der Waals surface area contributed by atoms with Crippen molar-refractivity contribution in [1.82, 2.24) is 9.55 Å². The Balaban J connectivity index is 2.01. The maximum absolute atomic E-state index is 11.7. The Morgan fingerprint density at radius 1 is 1.24 bits per heavy atom. The second-order valence-corrected chi connectivity index (χ2v) is 6.55. The number of hydrogen-bond acceptors (Lipinski definition) is 4. The van der Waals surface area contributed by atoms with Crippen molar-refractivity contribution in [3.05, 3.63) is 41.7 Å². The maximum atomic E-state index is 11.7. The van der Waals surface area contributed by atoms with Crippen LogP contribution in [0.5, 0.6) is 5.75 Å². The second-order valence-electron chi connectivity index (χ2n) is 6.55. The summed E-state index contributed by atoms with van der Waals surface area (Å²) in [6.45, 7) is 1.73. The number of aromatic hydroxyl groups is 1. The van der Waals surface area contributed by atoms with E-state index >= 15 is 0 Å². The van der Waals surface area contributed by atoms with Gasteiger partial charge < -0.3 is 14.4 Å². The molecule has 0 saturated heterocycles. The van der Waals surface area contributed by atoms with Crippen LogP contribution in [-0.4, -0.2) is 27.7 Å². The van der Waals surface area contributed by atoms with Gasteiger partial charge in [0.2, 0.25) is 0 Å². The standard InChI is InChI=1S/C20H24N2O3/c1-14(20(24)25-2)12-16-13-22(17-6-4-3-5-7-17)19(21-16)15-8-10-18(23)11-9-15/h8-13,17,23H,3-7H2,1-2H3. The van der Waals surface area contributed by atoms with Crippen molar-refractivity contribution in [3.63, 3.8) is 0 Å². The normalized spacial score (nSPS) is 16.0. The number of phenols is 1. The number of ether oxygens (including phenoxy) is 1. The van der Waals surface area contributed by atoms with Crippen LogP contribution >= 0.6 is 0 Å². The summed E-state index contributed by atoms with van der Waals surface area (Å²) < 4.78 is 6.99. The first-order valence-electron chi connectivity index (χ1n) is 8.73. The van der Waals surface area contributed by atoms with Gasteiger partial charge in [-0.1, -0.05) is 19.3 Å². The number of phenolic OH excluding ortho intramolecular Hbond substituents is 1. The van der Waals surface area contributed by atoms with E-state index in [9.17, 15) is 9.90 Å². The van der Waals surface area contributed by atoms with Crippen LogP contribution in [0.15, 0.2) is 36.0 Å². The summed E-state index contributed by atoms with van der Waals surface area (Å²) >= 11 is 0. The molecule has 1 N–H and O–H groups in total. The van der Waals surface area contributed by atoms with E-state index in [2.05, 4.69) is 4.57 Å². The average Bonchev–Trinajstić information content (AvgIpc) is 3.06. The largest absolute Gasteiger partial charge is 0.508 e. The minimum atomic E-state index is -0.349. The van der Waals surface area contributed by atoms with Gasteiger partial charge in [0, 0.05) is 23.4 Å². The molecule has 1 fully saturated rings. The molecule has 5 heteroatoms. The first-order chi connectivity index (χ1) is 12.1. The molecule has 0 bridgehead atoms. The molecule has 25 heavy (non-hydrogen) atoms. The number of hydrogen-bond donors (Lipinski definition) is 1. The van der Waals surface area contributed by atoms with E-state index in [-0.39, 0.29) is 11.7 Å². The van der Waals surface area contributed by atoms with E-state index < -0.39 is 0 Å². The SMILES string of the molecule is COC(=O)C(C)=Cc1cn(C2CCCCC2)c(-c2ccc(O)cc2)n1. The molecular weight excluding hydrogens is 316 g/mol. The summed E-state index contributed by atoms with van der Waals surface area (Å²) in [5.74, 6) is 0.760. The van der Waals surface area contributed by atoms with Crippen LogP contribution in [0.2, 0.25) is 0 Å². The fourth-order valence-corrected chi connectivity index (χ4v) is 3.39. The molecular formula is C20H24N2O3. The highest BCUT2D eigenvalue weighted by Gasteiger charge is 2.20. The highest BCUT2D eigenvalue weighted by molar-refractivity contribution is 5.92. The summed E-state index contributed by atoms with van der Waals surface area (Å²) in [7, 11) is 1.38. The van der Waals surface area contributed by atoms with Gasteiger partial charge in [0.25, 0.3) is 0 Å². The van der Waals surface area contributed by atoms with E-state index in [0.717, 1.165) is 29.9 Å². The minimum absolute atomic E-state index is 0.237. The summed E-state index contributed by atoms with van der Waals surface area (Å²) in [5.41, 5.74) is 2.23. The van der Waals surface area contributed by atoms with Gasteiger partial charge >= 0.3 is 5.97 Å². The molecule has 1 heterocycles. The first kappa shape index (κ1) is 17.3. The van der Waals surface area contributed by atoms with Crippen LogP contribution in [0.1, 0.15) is 50.8 Å². The van der Waals surface area contributed by atoms with Gasteiger partial charge in [-0.05, 0) is 50.1 Å². The third kappa shape index (κ3) is 3.92. The zero-order chi connectivity index (χ0) is 17.8. The summed E-state index contributed by atoms with van der Waals surface area (Å²) in [6.07, 6.45) is 9.79. The minimum Gasteiger partial charge on any atom is -0.508 e. The fraction of sp³-hybridized carbons (Fsp3) is 0.400. The summed E-state index contributed by atoms with van der Waals surface area (Å²) in [6, 6.07) is 7.51. The molecule has 0 unspecified atom stereocenters. The lowest BCUT2D eigenvalue weighted by Crippen LogP contribution is -2.13. The molecule has 0 spiro atoms. The highest BCUT2D eigenvalue weighted by atomic mass is 16.5. The molecule has 0 aliphatic heterocycles. The molecule has 2 aromatic rings. The van der Waals surface area contributed by atoms with Crippen molar-refractivity contribution in [2.45, 2.75) is 45.1 Å². The van der Waals surface area contributed by atoms with Crippen molar-refractivity contribution >= 4 is 12.0 Å². The van der Waals surface area contributed by atoms with Crippen molar-refractivity contribution < 1.29 is 14.6 Å². The topological polar surface area (TPSA) is 64.3 Å². The predicted octanol–water partition coefficient (Wildman–Crippen LogP) is 4.34. The van der Waals surface area contributed by atoms with Crippen molar-refractivity contribution in [1.29, 1.82) is 0 Å². The number of nitrogens with zero attached hydrogens (tertiary/aromatic N) is 2. The Hall–Kier alpha value is -2.56. The van der Waals surface area contributed by atoms with Crippen LogP contribution in [0.3, 0.4) is 0 Å². The van der Waals surface area contributed by atoms with Gasteiger partial charge in [-0.2, -0.15) is 0 Å². The van der Waals surface area contributed by atoms with Crippen molar-refractivity contribution in [3.8, 4) is 17.1 Å². The van der Waals surface area contributed by atoms with E-state index in [4.69, 9.17) is 9.72 Å². The van der Waals surface area contributed by atoms with Crippen LogP contribution in [-0.2, 0) is 9.53 Å². The Kier molecular flexibility index (Phi) is 5.22. The number of esters is 1. The van der Waals surface area contributed by atoms with Gasteiger partial charge in [0.1, 0.15) is 11.6 Å². The average molecular weight is 340 g/mol. The van der Waals surface area contributed by atoms with Gasteiger partial charge in [0.15, 0.2) is 0 Å². The van der Waals surface area contributed by atoms with Gasteiger partial charge in [-0.25, -0.2) is 9.78 Å². The molecule has 1 saturated carbocycles. The molecule has 0 radical (unpaired) electrons. The number of rotatable bonds is 4. The van der Waals surface area contributed by atoms with Crippen LogP contribution < -0.4 is 0 Å². The van der Waals surface area contributed by atoms with Crippen LogP contribution in [0.4, 0.5) is 0 Å². The lowest BCUT2D eigenvalue weighted by atomic mass is 9.95. The molecule has 0 amide bonds. The Bertz CT molecular complexity index is 769. The third-order valence-electron chi connectivity index (χ3n) is 4.72. The molecule has 1 aliphatic rings. The molecule has 5 nitrogen and oxygen atoms in total. The number of methoxy groups -OCH3 is 1. The lowest BCUT2D eigenvalue weighted by Gasteiger charge is -2.24. The Labute approximate surface area is 148 Å². The van der Waals surface area contributed by atoms with Crippen LogP contribution in [0.25, 0.3) is 17.5 Å². The molecule has 3 rings (SSSR count). The number of benzene rings is 1. The monoisotopic (exact) mass is 340 g/mol. The molecule has 1 aliphatic carbocycles. The third-order valence-corrected chi connectivity index (χ3v) is 4.72. The molecule has 1 aromatic carbocycles. The predicted molar refractivity (Wildman–Crippen MR) is 97.1 cm³/mol. The summed E-state index contributed by atoms with van der Waals surface area (Å²) in [4.78, 5) is 16.4. The number of carbonyl (C=O) groups excluding carboxylic acids is 1. The zero-order valence-corrected chi connectivity index (χ0v) is 14.7. The number of carbonyl (C=O) groups is 1. The van der Waals surface area contributed by atoms with Gasteiger partial charge in [0.05, 0.1) is 12.8 Å². The zero-order valence-electron chi connectivity index (χ0n) is 14.7. The molecule has 132 valence electrons. The Morgan fingerprint density at radius 3 is 2.56 bits per heavy atom. The quantitative estimate of drug-likeness (QED) is 0.664. The van der Waals surface area contributed by atoms with E-state index in [0.29, 0.717) is 11.6 Å². The Morgan fingerprint density at radius 2 is 1.92 bits per heavy atom. The fourth-order valence-electron chi connectivity index (χ4n) is 3.39. The number of aromatic nitrogens is 2. The molecule has 0 atom stereocenters. The van der Waals surface area contributed by atoms with E-state index in [1.54, 1.807) is 25.1 Å². The van der Waals surface area contributed by atoms with Gasteiger partial charge in [-0.15, -0.1) is 0 Å². The maximum Gasteiger partial charge on any atom is 0.333 e. The lowest BCUT2D eigenvalue weighted by molar-refractivity contribution is -0.135. The summed E-state index contributed by atoms with van der Waals surface area (Å²) in [5, 5.41) is 9.55. The number of imidazole rings is 1.